The van der Waals surface area contributed by atoms with Crippen molar-refractivity contribution in [2.75, 3.05) is 19.6 Å². The molecule has 1 aliphatic heterocycles. The van der Waals surface area contributed by atoms with Crippen LogP contribution in [0, 0.1) is 0 Å². The number of likely N-dealkylation sites (N-methyl/N-ethyl adjacent to an activating group) is 1. The minimum Gasteiger partial charge on any atom is -0.350 e. The van der Waals surface area contributed by atoms with Crippen molar-refractivity contribution in [3.63, 3.8) is 0 Å². The van der Waals surface area contributed by atoms with E-state index in [0.717, 1.165) is 22.9 Å². The lowest BCUT2D eigenvalue weighted by molar-refractivity contribution is -0.137. The van der Waals surface area contributed by atoms with E-state index in [-0.39, 0.29) is 29.2 Å². The average Bonchev–Trinajstić information content (AvgIpc) is 2.68. The van der Waals surface area contributed by atoms with E-state index in [9.17, 15) is 27.2 Å². The number of aromatic nitrogens is 2. The Bertz CT molecular complexity index is 1020. The number of fused-ring (bicyclic) bond motifs is 1. The lowest BCUT2D eigenvalue weighted by Gasteiger charge is -2.34. The summed E-state index contributed by atoms with van der Waals surface area (Å²) in [5.41, 5.74) is -1.21. The summed E-state index contributed by atoms with van der Waals surface area (Å²) in [6.45, 7) is 6.52. The van der Waals surface area contributed by atoms with Crippen molar-refractivity contribution in [3.05, 3.63) is 39.8 Å². The zero-order valence-electron chi connectivity index (χ0n) is 17.7. The first-order valence-electron chi connectivity index (χ1n) is 10.3. The van der Waals surface area contributed by atoms with Gasteiger partial charge in [0.15, 0.2) is 0 Å². The van der Waals surface area contributed by atoms with Gasteiger partial charge in [0.05, 0.1) is 16.6 Å². The molecule has 31 heavy (non-hydrogen) atoms. The topological polar surface area (TPSA) is 67.2 Å². The summed E-state index contributed by atoms with van der Waals surface area (Å²) in [5, 5.41) is 7.13. The fourth-order valence-corrected chi connectivity index (χ4v) is 3.92. The SMILES string of the molecule is CCN1C[C@@H](F)C[C@H](NC(=O)Cn2nc(C(C)C)c3cc(C(F)(F)F)ccc3c2=O)C1. The molecule has 2 aromatic rings. The number of likely N-dealkylation sites (tertiary alicyclic amines) is 1. The highest BCUT2D eigenvalue weighted by Crippen LogP contribution is 2.32. The molecule has 0 saturated carbocycles. The molecule has 2 heterocycles. The number of hydrogen-bond donors (Lipinski definition) is 1. The predicted octanol–water partition coefficient (Wildman–Crippen LogP) is 3.09. The maximum Gasteiger partial charge on any atom is 0.416 e. The molecule has 3 rings (SSSR count). The Kier molecular flexibility index (Phi) is 6.68. The molecule has 0 spiro atoms. The monoisotopic (exact) mass is 442 g/mol. The summed E-state index contributed by atoms with van der Waals surface area (Å²) in [6, 6.07) is 2.51. The first-order chi connectivity index (χ1) is 14.5. The van der Waals surface area contributed by atoms with Crippen LogP contribution >= 0.6 is 0 Å². The van der Waals surface area contributed by atoms with Gasteiger partial charge in [-0.15, -0.1) is 0 Å². The van der Waals surface area contributed by atoms with Crippen molar-refractivity contribution in [1.29, 1.82) is 0 Å². The van der Waals surface area contributed by atoms with E-state index >= 15 is 0 Å². The highest BCUT2D eigenvalue weighted by atomic mass is 19.4. The predicted molar refractivity (Wildman–Crippen MR) is 109 cm³/mol. The smallest absolute Gasteiger partial charge is 0.350 e. The van der Waals surface area contributed by atoms with E-state index in [4.69, 9.17) is 0 Å². The second-order valence-corrected chi connectivity index (χ2v) is 8.21. The molecule has 1 aromatic heterocycles. The number of carbonyl (C=O) groups excluding carboxylic acids is 1. The molecule has 170 valence electrons. The summed E-state index contributed by atoms with van der Waals surface area (Å²) in [4.78, 5) is 27.2. The minimum atomic E-state index is -4.54. The van der Waals surface area contributed by atoms with E-state index in [1.165, 1.54) is 0 Å². The van der Waals surface area contributed by atoms with Crippen molar-refractivity contribution >= 4 is 16.7 Å². The molecule has 1 amide bonds. The van der Waals surface area contributed by atoms with Crippen LogP contribution in [0.5, 0.6) is 0 Å². The van der Waals surface area contributed by atoms with Crippen LogP contribution in [0.4, 0.5) is 17.6 Å². The van der Waals surface area contributed by atoms with E-state index in [1.54, 1.807) is 13.8 Å². The second kappa shape index (κ2) is 8.94. The Labute approximate surface area is 177 Å². The summed E-state index contributed by atoms with van der Waals surface area (Å²) < 4.78 is 54.2. The maximum absolute atomic E-state index is 13.9. The Balaban J connectivity index is 1.89. The Hall–Kier alpha value is -2.49. The van der Waals surface area contributed by atoms with Crippen LogP contribution in [0.3, 0.4) is 0 Å². The van der Waals surface area contributed by atoms with Crippen molar-refractivity contribution in [1.82, 2.24) is 20.0 Å². The van der Waals surface area contributed by atoms with Gasteiger partial charge >= 0.3 is 6.18 Å². The fraction of sp³-hybridized carbons (Fsp3) is 0.571. The molecule has 1 N–H and O–H groups in total. The molecule has 1 aliphatic rings. The van der Waals surface area contributed by atoms with Crippen LogP contribution in [0.2, 0.25) is 0 Å². The van der Waals surface area contributed by atoms with E-state index < -0.39 is 35.9 Å². The fourth-order valence-electron chi connectivity index (χ4n) is 3.92. The number of benzene rings is 1. The van der Waals surface area contributed by atoms with Gasteiger partial charge in [0.25, 0.3) is 5.56 Å². The summed E-state index contributed by atoms with van der Waals surface area (Å²) in [5.74, 6) is -0.768. The van der Waals surface area contributed by atoms with Gasteiger partial charge in [-0.3, -0.25) is 14.5 Å². The molecular weight excluding hydrogens is 416 g/mol. The Morgan fingerprint density at radius 3 is 2.58 bits per heavy atom. The Morgan fingerprint density at radius 2 is 1.97 bits per heavy atom. The second-order valence-electron chi connectivity index (χ2n) is 8.21. The molecule has 0 radical (unpaired) electrons. The third-order valence-electron chi connectivity index (χ3n) is 5.44. The number of amides is 1. The average molecular weight is 442 g/mol. The molecule has 0 unspecified atom stereocenters. The highest BCUT2D eigenvalue weighted by molar-refractivity contribution is 5.85. The van der Waals surface area contributed by atoms with Crippen LogP contribution < -0.4 is 10.9 Å². The van der Waals surface area contributed by atoms with Gasteiger partial charge in [0, 0.05) is 30.9 Å². The van der Waals surface area contributed by atoms with Crippen molar-refractivity contribution in [2.24, 2.45) is 0 Å². The number of carbonyl (C=O) groups is 1. The molecule has 2 atom stereocenters. The lowest BCUT2D eigenvalue weighted by atomic mass is 10.0. The first-order valence-corrected chi connectivity index (χ1v) is 10.3. The normalized spacial score (nSPS) is 20.4. The van der Waals surface area contributed by atoms with Crippen LogP contribution in [0.25, 0.3) is 10.8 Å². The molecule has 0 aliphatic carbocycles. The van der Waals surface area contributed by atoms with Gasteiger partial charge in [-0.05, 0) is 30.7 Å². The van der Waals surface area contributed by atoms with Crippen LogP contribution in [0.15, 0.2) is 23.0 Å². The number of alkyl halides is 4. The summed E-state index contributed by atoms with van der Waals surface area (Å²) >= 11 is 0. The third-order valence-corrected chi connectivity index (χ3v) is 5.44. The number of halogens is 4. The number of nitrogens with zero attached hydrogens (tertiary/aromatic N) is 3. The summed E-state index contributed by atoms with van der Waals surface area (Å²) in [6.07, 6.45) is -5.40. The van der Waals surface area contributed by atoms with E-state index in [0.29, 0.717) is 25.3 Å². The van der Waals surface area contributed by atoms with Crippen LogP contribution in [-0.4, -0.2) is 52.4 Å². The number of rotatable bonds is 5. The summed E-state index contributed by atoms with van der Waals surface area (Å²) in [7, 11) is 0. The van der Waals surface area contributed by atoms with Gasteiger partial charge in [-0.1, -0.05) is 20.8 Å². The van der Waals surface area contributed by atoms with Gasteiger partial charge in [-0.25, -0.2) is 9.07 Å². The van der Waals surface area contributed by atoms with E-state index in [1.807, 2.05) is 11.8 Å². The van der Waals surface area contributed by atoms with Gasteiger partial charge in [-0.2, -0.15) is 18.3 Å². The molecule has 6 nitrogen and oxygen atoms in total. The number of nitrogens with one attached hydrogen (secondary N) is 1. The number of hydrogen-bond acceptors (Lipinski definition) is 4. The third kappa shape index (κ3) is 5.23. The molecule has 1 fully saturated rings. The van der Waals surface area contributed by atoms with Gasteiger partial charge in [0.1, 0.15) is 12.7 Å². The van der Waals surface area contributed by atoms with Crippen molar-refractivity contribution < 1.29 is 22.4 Å². The zero-order valence-corrected chi connectivity index (χ0v) is 17.7. The standard InChI is InChI=1S/C21H26F4N4O2/c1-4-28-9-14(22)8-15(10-28)26-18(30)11-29-20(31)16-6-5-13(21(23,24)25)7-17(16)19(27-29)12(2)3/h5-7,12,14-15H,4,8-11H2,1-3H3,(H,26,30)/t14-,15-/m0/s1. The van der Waals surface area contributed by atoms with Crippen molar-refractivity contribution in [3.8, 4) is 0 Å². The van der Waals surface area contributed by atoms with Gasteiger partial charge < -0.3 is 5.32 Å². The first kappa shape index (κ1) is 23.2. The quantitative estimate of drug-likeness (QED) is 0.723. The molecular formula is C21H26F4N4O2. The zero-order chi connectivity index (χ0) is 22.9. The van der Waals surface area contributed by atoms with Gasteiger partial charge in [0.2, 0.25) is 5.91 Å². The van der Waals surface area contributed by atoms with Crippen LogP contribution in [-0.2, 0) is 17.5 Å². The van der Waals surface area contributed by atoms with Crippen LogP contribution in [0.1, 0.15) is 44.4 Å². The number of piperidine rings is 1. The highest BCUT2D eigenvalue weighted by Gasteiger charge is 2.31. The largest absolute Gasteiger partial charge is 0.416 e. The minimum absolute atomic E-state index is 0.0677. The maximum atomic E-state index is 13.9. The molecule has 1 saturated heterocycles. The molecule has 10 heteroatoms. The Morgan fingerprint density at radius 1 is 1.26 bits per heavy atom. The van der Waals surface area contributed by atoms with E-state index in [2.05, 4.69) is 10.4 Å². The molecule has 1 aromatic carbocycles. The molecule has 0 bridgehead atoms. The van der Waals surface area contributed by atoms with Crippen molar-refractivity contribution in [2.45, 2.75) is 58.0 Å². The lowest BCUT2D eigenvalue weighted by Crippen LogP contribution is -2.52.